The van der Waals surface area contributed by atoms with Crippen LogP contribution in [0.15, 0.2) is 48.8 Å². The van der Waals surface area contributed by atoms with Gasteiger partial charge in [-0.05, 0) is 43.3 Å². The normalized spacial score (nSPS) is 12.5. The van der Waals surface area contributed by atoms with E-state index in [1.807, 2.05) is 0 Å². The number of halogens is 3. The lowest BCUT2D eigenvalue weighted by molar-refractivity contribution is -0.137. The zero-order chi connectivity index (χ0) is 21.9. The van der Waals surface area contributed by atoms with E-state index in [2.05, 4.69) is 15.4 Å². The number of hydrogen-bond acceptors (Lipinski definition) is 5. The molecule has 1 aromatic carbocycles. The van der Waals surface area contributed by atoms with E-state index in [1.165, 1.54) is 18.3 Å². The van der Waals surface area contributed by atoms with Gasteiger partial charge in [-0.1, -0.05) is 0 Å². The molecular formula is C20H20F3N5O2. The first-order valence-corrected chi connectivity index (χ1v) is 9.03. The fraction of sp³-hybridized carbons (Fsp3) is 0.250. The summed E-state index contributed by atoms with van der Waals surface area (Å²) >= 11 is 0. The number of hydrogen-bond donors (Lipinski definition) is 2. The maximum absolute atomic E-state index is 12.8. The molecule has 0 aliphatic carbocycles. The fourth-order valence-corrected chi connectivity index (χ4v) is 2.59. The topological polar surface area (TPSA) is 95.1 Å². The van der Waals surface area contributed by atoms with Crippen LogP contribution in [0, 0.1) is 0 Å². The van der Waals surface area contributed by atoms with Crippen LogP contribution in [-0.2, 0) is 13.2 Å². The third kappa shape index (κ3) is 4.95. The molecule has 0 aliphatic heterocycles. The van der Waals surface area contributed by atoms with Gasteiger partial charge in [-0.2, -0.15) is 18.3 Å². The smallest absolute Gasteiger partial charge is 0.416 e. The first-order valence-electron chi connectivity index (χ1n) is 9.03. The molecule has 2 aromatic heterocycles. The number of nitrogens with two attached hydrogens (primary N) is 1. The predicted octanol–water partition coefficient (Wildman–Crippen LogP) is 3.37. The third-order valence-electron chi connectivity index (χ3n) is 4.23. The number of nitrogens with zero attached hydrogens (tertiary/aromatic N) is 3. The summed E-state index contributed by atoms with van der Waals surface area (Å²) < 4.78 is 45.6. The molecule has 0 fully saturated rings. The van der Waals surface area contributed by atoms with Gasteiger partial charge in [0.1, 0.15) is 5.75 Å². The first kappa shape index (κ1) is 21.3. The van der Waals surface area contributed by atoms with Crippen LogP contribution in [0.5, 0.6) is 11.6 Å². The van der Waals surface area contributed by atoms with E-state index < -0.39 is 11.7 Å². The lowest BCUT2D eigenvalue weighted by Crippen LogP contribution is -2.37. The van der Waals surface area contributed by atoms with Crippen molar-refractivity contribution in [3.63, 3.8) is 0 Å². The molecule has 0 aliphatic rings. The molecule has 0 saturated carbocycles. The number of alkyl halides is 3. The summed E-state index contributed by atoms with van der Waals surface area (Å²) in [5.41, 5.74) is 5.94. The minimum absolute atomic E-state index is 0.108. The van der Waals surface area contributed by atoms with E-state index in [9.17, 15) is 18.0 Å². The van der Waals surface area contributed by atoms with Crippen molar-refractivity contribution < 1.29 is 22.7 Å². The molecule has 158 valence electrons. The summed E-state index contributed by atoms with van der Waals surface area (Å²) in [6.07, 6.45) is -1.41. The quantitative estimate of drug-likeness (QED) is 0.639. The number of benzene rings is 1. The number of amides is 1. The van der Waals surface area contributed by atoms with E-state index in [-0.39, 0.29) is 35.7 Å². The Morgan fingerprint density at radius 1 is 1.27 bits per heavy atom. The predicted molar refractivity (Wildman–Crippen MR) is 104 cm³/mol. The summed E-state index contributed by atoms with van der Waals surface area (Å²) in [5.74, 6) is -0.0859. The van der Waals surface area contributed by atoms with Gasteiger partial charge < -0.3 is 15.8 Å². The van der Waals surface area contributed by atoms with Crippen molar-refractivity contribution in [2.24, 2.45) is 12.8 Å². The molecule has 2 heterocycles. The lowest BCUT2D eigenvalue weighted by atomic mass is 10.1. The summed E-state index contributed by atoms with van der Waals surface area (Å²) in [6, 6.07) is 7.30. The maximum Gasteiger partial charge on any atom is 0.416 e. The van der Waals surface area contributed by atoms with Crippen molar-refractivity contribution in [1.29, 1.82) is 0 Å². The number of nitrogens with one attached hydrogen (secondary N) is 1. The van der Waals surface area contributed by atoms with Crippen molar-refractivity contribution in [1.82, 2.24) is 20.1 Å². The van der Waals surface area contributed by atoms with Crippen molar-refractivity contribution in [2.45, 2.75) is 19.1 Å². The van der Waals surface area contributed by atoms with E-state index in [0.717, 1.165) is 12.1 Å². The SMILES string of the molecule is C[C@H](CN)NC(=O)c1cnc(Oc2ccc(C(F)(F)F)cc2)c(-c2ccn(C)n2)c1. The Balaban J connectivity index is 1.94. The number of carbonyl (C=O) groups excluding carboxylic acids is 1. The summed E-state index contributed by atoms with van der Waals surface area (Å²) in [4.78, 5) is 16.6. The summed E-state index contributed by atoms with van der Waals surface area (Å²) in [5, 5.41) is 7.05. The minimum atomic E-state index is -4.44. The zero-order valence-electron chi connectivity index (χ0n) is 16.3. The van der Waals surface area contributed by atoms with Gasteiger partial charge in [0.05, 0.1) is 22.4 Å². The van der Waals surface area contributed by atoms with Gasteiger partial charge in [0.25, 0.3) is 5.91 Å². The van der Waals surface area contributed by atoms with Crippen LogP contribution < -0.4 is 15.8 Å². The van der Waals surface area contributed by atoms with Crippen LogP contribution in [0.3, 0.4) is 0 Å². The Morgan fingerprint density at radius 2 is 1.97 bits per heavy atom. The van der Waals surface area contributed by atoms with Gasteiger partial charge in [-0.15, -0.1) is 0 Å². The number of aryl methyl sites for hydroxylation is 1. The molecule has 1 amide bonds. The Morgan fingerprint density at radius 3 is 2.53 bits per heavy atom. The maximum atomic E-state index is 12.8. The van der Waals surface area contributed by atoms with E-state index in [0.29, 0.717) is 11.3 Å². The number of carbonyl (C=O) groups is 1. The molecule has 3 N–H and O–H groups in total. The Labute approximate surface area is 170 Å². The van der Waals surface area contributed by atoms with Crippen LogP contribution in [0.1, 0.15) is 22.8 Å². The van der Waals surface area contributed by atoms with Crippen LogP contribution in [0.25, 0.3) is 11.3 Å². The summed E-state index contributed by atoms with van der Waals surface area (Å²) in [6.45, 7) is 2.05. The molecule has 3 aromatic rings. The number of pyridine rings is 1. The highest BCUT2D eigenvalue weighted by atomic mass is 19.4. The van der Waals surface area contributed by atoms with Crippen LogP contribution >= 0.6 is 0 Å². The zero-order valence-corrected chi connectivity index (χ0v) is 16.3. The van der Waals surface area contributed by atoms with E-state index in [1.54, 1.807) is 37.0 Å². The van der Waals surface area contributed by atoms with Gasteiger partial charge in [-0.25, -0.2) is 4.98 Å². The highest BCUT2D eigenvalue weighted by Gasteiger charge is 2.30. The molecule has 3 rings (SSSR count). The molecule has 0 bridgehead atoms. The largest absolute Gasteiger partial charge is 0.438 e. The van der Waals surface area contributed by atoms with Gasteiger partial charge in [0.15, 0.2) is 0 Å². The highest BCUT2D eigenvalue weighted by Crippen LogP contribution is 2.34. The molecule has 7 nitrogen and oxygen atoms in total. The van der Waals surface area contributed by atoms with E-state index in [4.69, 9.17) is 10.5 Å². The highest BCUT2D eigenvalue weighted by molar-refractivity contribution is 5.95. The lowest BCUT2D eigenvalue weighted by Gasteiger charge is -2.14. The molecule has 30 heavy (non-hydrogen) atoms. The van der Waals surface area contributed by atoms with Gasteiger partial charge in [0, 0.05) is 32.0 Å². The average molecular weight is 419 g/mol. The number of rotatable bonds is 6. The van der Waals surface area contributed by atoms with Gasteiger partial charge in [0.2, 0.25) is 5.88 Å². The minimum Gasteiger partial charge on any atom is -0.438 e. The molecule has 1 atom stereocenters. The molecular weight excluding hydrogens is 399 g/mol. The average Bonchev–Trinajstić information content (AvgIpc) is 3.14. The monoisotopic (exact) mass is 419 g/mol. The molecule has 10 heteroatoms. The van der Waals surface area contributed by atoms with Crippen LogP contribution in [-0.4, -0.2) is 33.3 Å². The van der Waals surface area contributed by atoms with E-state index >= 15 is 0 Å². The van der Waals surface area contributed by atoms with Crippen LogP contribution in [0.4, 0.5) is 13.2 Å². The Hall–Kier alpha value is -3.40. The second kappa shape index (κ2) is 8.54. The van der Waals surface area contributed by atoms with Crippen molar-refractivity contribution >= 4 is 5.91 Å². The van der Waals surface area contributed by atoms with Crippen molar-refractivity contribution in [3.05, 3.63) is 59.9 Å². The van der Waals surface area contributed by atoms with Crippen molar-refractivity contribution in [2.75, 3.05) is 6.54 Å². The molecule has 0 unspecified atom stereocenters. The molecule has 0 spiro atoms. The molecule has 0 saturated heterocycles. The van der Waals surface area contributed by atoms with Gasteiger partial charge >= 0.3 is 6.18 Å². The van der Waals surface area contributed by atoms with Crippen LogP contribution in [0.2, 0.25) is 0 Å². The Bertz CT molecular complexity index is 1030. The Kier molecular flexibility index (Phi) is 6.06. The number of ether oxygens (including phenoxy) is 1. The third-order valence-corrected chi connectivity index (χ3v) is 4.23. The molecule has 0 radical (unpaired) electrons. The standard InChI is InChI=1S/C20H20F3N5O2/c1-12(10-24)26-18(29)13-9-16(17-7-8-28(2)27-17)19(25-11-13)30-15-5-3-14(4-6-15)20(21,22)23/h3-9,11-12H,10,24H2,1-2H3,(H,26,29)/t12-/m1/s1. The number of aromatic nitrogens is 3. The summed E-state index contributed by atoms with van der Waals surface area (Å²) in [7, 11) is 1.73. The second-order valence-electron chi connectivity index (χ2n) is 6.69. The first-order chi connectivity index (χ1) is 14.2. The second-order valence-corrected chi connectivity index (χ2v) is 6.69. The fourth-order valence-electron chi connectivity index (χ4n) is 2.59. The van der Waals surface area contributed by atoms with Gasteiger partial charge in [-0.3, -0.25) is 9.48 Å². The van der Waals surface area contributed by atoms with Crippen molar-refractivity contribution in [3.8, 4) is 22.9 Å².